The number of fused-ring (bicyclic) bond motifs is 1. The molecule has 0 aliphatic carbocycles. The van der Waals surface area contributed by atoms with E-state index in [4.69, 9.17) is 5.73 Å². The summed E-state index contributed by atoms with van der Waals surface area (Å²) in [6, 6.07) is 4.17. The fraction of sp³-hybridized carbons (Fsp3) is 0.167. The minimum Gasteiger partial charge on any atom is -0.365 e. The molecule has 0 saturated carbocycles. The molecule has 3 rings (SSSR count). The number of pyridine rings is 2. The molecule has 3 aromatic rings. The molecular weight excluding hydrogens is 371 g/mol. The lowest BCUT2D eigenvalue weighted by Crippen LogP contribution is -2.14. The van der Waals surface area contributed by atoms with Crippen LogP contribution in [0.4, 0.5) is 15.8 Å². The fourth-order valence-corrected chi connectivity index (χ4v) is 3.73. The first-order valence-corrected chi connectivity index (χ1v) is 9.71. The topological polar surface area (TPSA) is 115 Å². The second-order valence-electron chi connectivity index (χ2n) is 5.97. The van der Waals surface area contributed by atoms with Gasteiger partial charge in [-0.2, -0.15) is 0 Å². The number of nitrogens with zero attached hydrogens (tertiary/aromatic N) is 2. The largest absolute Gasteiger partial charge is 0.365 e. The van der Waals surface area contributed by atoms with Crippen LogP contribution in [0.5, 0.6) is 0 Å². The molecule has 1 aromatic carbocycles. The average Bonchev–Trinajstić information content (AvgIpc) is 2.61. The molecule has 0 unspecified atom stereocenters. The first-order valence-electron chi connectivity index (χ1n) is 8.06. The smallest absolute Gasteiger partial charge is 0.252 e. The molecule has 3 N–H and O–H groups in total. The van der Waals surface area contributed by atoms with Crippen molar-refractivity contribution >= 4 is 38.0 Å². The van der Waals surface area contributed by atoms with E-state index in [1.54, 1.807) is 13.8 Å². The first kappa shape index (κ1) is 18.7. The van der Waals surface area contributed by atoms with E-state index in [2.05, 4.69) is 15.3 Å². The van der Waals surface area contributed by atoms with E-state index in [9.17, 15) is 17.6 Å². The number of rotatable bonds is 5. The van der Waals surface area contributed by atoms with Gasteiger partial charge < -0.3 is 11.1 Å². The molecule has 0 aliphatic rings. The molecule has 0 spiro atoms. The highest BCUT2D eigenvalue weighted by atomic mass is 32.2. The van der Waals surface area contributed by atoms with Gasteiger partial charge in [0.25, 0.3) is 5.91 Å². The van der Waals surface area contributed by atoms with Gasteiger partial charge in [-0.1, -0.05) is 6.92 Å². The second-order valence-corrected chi connectivity index (χ2v) is 8.25. The zero-order valence-electron chi connectivity index (χ0n) is 14.7. The second kappa shape index (κ2) is 6.92. The van der Waals surface area contributed by atoms with Crippen LogP contribution in [0.25, 0.3) is 10.9 Å². The lowest BCUT2D eigenvalue weighted by atomic mass is 10.1. The highest BCUT2D eigenvalue weighted by Crippen LogP contribution is 2.32. The van der Waals surface area contributed by atoms with Crippen molar-refractivity contribution in [3.05, 3.63) is 53.7 Å². The molecule has 0 radical (unpaired) electrons. The van der Waals surface area contributed by atoms with Gasteiger partial charge in [0.15, 0.2) is 9.84 Å². The van der Waals surface area contributed by atoms with Gasteiger partial charge >= 0.3 is 0 Å². The summed E-state index contributed by atoms with van der Waals surface area (Å²) in [6.45, 7) is 3.27. The number of hydrogen-bond acceptors (Lipinski definition) is 6. The average molecular weight is 388 g/mol. The minimum atomic E-state index is -3.49. The van der Waals surface area contributed by atoms with Crippen LogP contribution >= 0.6 is 0 Å². The Morgan fingerprint density at radius 1 is 1.22 bits per heavy atom. The standard InChI is InChI=1S/C18H17FN4O3S/c1-3-27(25,26)13-4-10(2)16-14(6-13)17(15(9-22-16)18(20)24)23-12-5-11(19)7-21-8-12/h4-9H,3H2,1-2H3,(H2,20,24)(H,22,23). The van der Waals surface area contributed by atoms with Crippen LogP contribution in [0.15, 0.2) is 41.7 Å². The van der Waals surface area contributed by atoms with Crippen LogP contribution in [0, 0.1) is 12.7 Å². The number of carbonyl (C=O) groups excluding carboxylic acids is 1. The normalized spacial score (nSPS) is 11.5. The van der Waals surface area contributed by atoms with Crippen molar-refractivity contribution in [3.8, 4) is 0 Å². The summed E-state index contributed by atoms with van der Waals surface area (Å²) in [5.41, 5.74) is 7.16. The number of halogens is 1. The molecule has 0 atom stereocenters. The number of nitrogens with two attached hydrogens (primary N) is 1. The Hall–Kier alpha value is -3.07. The Bertz CT molecular complexity index is 1160. The van der Waals surface area contributed by atoms with Crippen LogP contribution in [0.3, 0.4) is 0 Å². The van der Waals surface area contributed by atoms with Crippen LogP contribution < -0.4 is 11.1 Å². The first-order chi connectivity index (χ1) is 12.7. The lowest BCUT2D eigenvalue weighted by molar-refractivity contribution is 0.100. The highest BCUT2D eigenvalue weighted by molar-refractivity contribution is 7.91. The molecule has 2 aromatic heterocycles. The van der Waals surface area contributed by atoms with E-state index < -0.39 is 21.6 Å². The number of sulfone groups is 1. The van der Waals surface area contributed by atoms with Gasteiger partial charge in [0, 0.05) is 17.6 Å². The Labute approximate surface area is 155 Å². The van der Waals surface area contributed by atoms with E-state index in [0.29, 0.717) is 16.5 Å². The van der Waals surface area contributed by atoms with Crippen molar-refractivity contribution < 1.29 is 17.6 Å². The van der Waals surface area contributed by atoms with Gasteiger partial charge in [0.1, 0.15) is 5.82 Å². The maximum Gasteiger partial charge on any atom is 0.252 e. The molecule has 0 saturated heterocycles. The molecule has 2 heterocycles. The van der Waals surface area contributed by atoms with E-state index in [1.807, 2.05) is 0 Å². The van der Waals surface area contributed by atoms with E-state index >= 15 is 0 Å². The number of primary amides is 1. The lowest BCUT2D eigenvalue weighted by Gasteiger charge is -2.15. The maximum absolute atomic E-state index is 13.5. The summed E-state index contributed by atoms with van der Waals surface area (Å²) >= 11 is 0. The Morgan fingerprint density at radius 2 is 1.96 bits per heavy atom. The molecule has 140 valence electrons. The summed E-state index contributed by atoms with van der Waals surface area (Å²) in [6.07, 6.45) is 3.72. The van der Waals surface area contributed by atoms with Crippen molar-refractivity contribution in [1.29, 1.82) is 0 Å². The van der Waals surface area contributed by atoms with Crippen LogP contribution in [-0.4, -0.2) is 30.0 Å². The zero-order chi connectivity index (χ0) is 19.8. The summed E-state index contributed by atoms with van der Waals surface area (Å²) in [4.78, 5) is 20.0. The zero-order valence-corrected chi connectivity index (χ0v) is 15.5. The SMILES string of the molecule is CCS(=O)(=O)c1cc(C)c2ncc(C(N)=O)c(Nc3cncc(F)c3)c2c1. The summed E-state index contributed by atoms with van der Waals surface area (Å²) < 4.78 is 38.2. The van der Waals surface area contributed by atoms with Crippen LogP contribution in [-0.2, 0) is 9.84 Å². The summed E-state index contributed by atoms with van der Waals surface area (Å²) in [5, 5.41) is 3.31. The van der Waals surface area contributed by atoms with Gasteiger partial charge in [-0.3, -0.25) is 14.8 Å². The van der Waals surface area contributed by atoms with Crippen molar-refractivity contribution in [2.24, 2.45) is 5.73 Å². The Kier molecular flexibility index (Phi) is 4.79. The van der Waals surface area contributed by atoms with Gasteiger partial charge in [0.2, 0.25) is 0 Å². The molecule has 7 nitrogen and oxygen atoms in total. The number of carbonyl (C=O) groups is 1. The number of aromatic nitrogens is 2. The van der Waals surface area contributed by atoms with Crippen LogP contribution in [0.1, 0.15) is 22.8 Å². The van der Waals surface area contributed by atoms with Crippen molar-refractivity contribution in [2.75, 3.05) is 11.1 Å². The third kappa shape index (κ3) is 3.59. The molecule has 9 heteroatoms. The predicted octanol–water partition coefficient (Wildman–Crippen LogP) is 2.71. The molecule has 1 amide bonds. The number of amides is 1. The molecule has 0 fully saturated rings. The van der Waals surface area contributed by atoms with Crippen molar-refractivity contribution in [2.45, 2.75) is 18.7 Å². The summed E-state index contributed by atoms with van der Waals surface area (Å²) in [7, 11) is -3.49. The number of nitrogens with one attached hydrogen (secondary N) is 1. The van der Waals surface area contributed by atoms with Crippen molar-refractivity contribution in [1.82, 2.24) is 9.97 Å². The molecular formula is C18H17FN4O3S. The maximum atomic E-state index is 13.5. The monoisotopic (exact) mass is 388 g/mol. The minimum absolute atomic E-state index is 0.0530. The molecule has 27 heavy (non-hydrogen) atoms. The third-order valence-electron chi connectivity index (χ3n) is 4.11. The summed E-state index contributed by atoms with van der Waals surface area (Å²) in [5.74, 6) is -1.39. The number of anilines is 2. The van der Waals surface area contributed by atoms with Gasteiger partial charge in [-0.25, -0.2) is 12.8 Å². The van der Waals surface area contributed by atoms with E-state index in [0.717, 1.165) is 6.20 Å². The number of aryl methyl sites for hydroxylation is 1. The highest BCUT2D eigenvalue weighted by Gasteiger charge is 2.19. The van der Waals surface area contributed by atoms with Gasteiger partial charge in [0.05, 0.1) is 45.5 Å². The van der Waals surface area contributed by atoms with E-state index in [1.165, 1.54) is 30.6 Å². The third-order valence-corrected chi connectivity index (χ3v) is 5.83. The molecule has 0 aliphatic heterocycles. The van der Waals surface area contributed by atoms with Gasteiger partial charge in [-0.05, 0) is 24.6 Å². The Balaban J connectivity index is 2.33. The van der Waals surface area contributed by atoms with Crippen molar-refractivity contribution in [3.63, 3.8) is 0 Å². The predicted molar refractivity (Wildman–Crippen MR) is 100 cm³/mol. The fourth-order valence-electron chi connectivity index (χ4n) is 2.74. The van der Waals surface area contributed by atoms with E-state index in [-0.39, 0.29) is 27.6 Å². The van der Waals surface area contributed by atoms with Gasteiger partial charge in [-0.15, -0.1) is 0 Å². The van der Waals surface area contributed by atoms with Crippen LogP contribution in [0.2, 0.25) is 0 Å². The molecule has 0 bridgehead atoms. The number of hydrogen-bond donors (Lipinski definition) is 2. The number of benzene rings is 1. The quantitative estimate of drug-likeness (QED) is 0.694. The Morgan fingerprint density at radius 3 is 2.59 bits per heavy atom.